The molecule has 0 amide bonds. The molecule has 0 saturated heterocycles. The van der Waals surface area contributed by atoms with Crippen LogP contribution in [0.4, 0.5) is 0 Å². The summed E-state index contributed by atoms with van der Waals surface area (Å²) in [7, 11) is 1.42. The molecule has 0 aromatic carbocycles. The average molecular weight is 225 g/mol. The molecule has 0 aliphatic heterocycles. The molecule has 0 fully saturated rings. The van der Waals surface area contributed by atoms with E-state index >= 15 is 0 Å². The van der Waals surface area contributed by atoms with Crippen LogP contribution < -0.4 is 0 Å². The van der Waals surface area contributed by atoms with Gasteiger partial charge in [0, 0.05) is 10.7 Å². The lowest BCUT2D eigenvalue weighted by molar-refractivity contribution is 0.513. The fraction of sp³-hybridized carbons (Fsp3) is 0.800. The van der Waals surface area contributed by atoms with Crippen molar-refractivity contribution in [2.45, 2.75) is 25.6 Å². The lowest BCUT2D eigenvalue weighted by Crippen LogP contribution is -2.02. The summed E-state index contributed by atoms with van der Waals surface area (Å²) < 4.78 is 21.2. The Morgan fingerprint density at radius 2 is 2.23 bits per heavy atom. The highest BCUT2D eigenvalue weighted by atomic mass is 35.7. The predicted molar refractivity (Wildman–Crippen MR) is 46.6 cm³/mol. The van der Waals surface area contributed by atoms with Crippen LogP contribution in [0.5, 0.6) is 0 Å². The van der Waals surface area contributed by atoms with Crippen LogP contribution in [0.3, 0.4) is 0 Å². The fourth-order valence-electron chi connectivity index (χ4n) is 0.783. The zero-order valence-corrected chi connectivity index (χ0v) is 8.59. The molecule has 0 unspecified atom stereocenters. The summed E-state index contributed by atoms with van der Waals surface area (Å²) in [6, 6.07) is 0. The summed E-state index contributed by atoms with van der Waals surface area (Å²) >= 11 is 0. The largest absolute Gasteiger partial charge is 0.240 e. The first-order valence-electron chi connectivity index (χ1n) is 3.70. The molecule has 0 N–H and O–H groups in total. The third-order valence-corrected chi connectivity index (χ3v) is 2.15. The monoisotopic (exact) mass is 224 g/mol. The van der Waals surface area contributed by atoms with E-state index in [0.29, 0.717) is 6.54 Å². The van der Waals surface area contributed by atoms with Gasteiger partial charge in [0.15, 0.2) is 5.82 Å². The van der Waals surface area contributed by atoms with Gasteiger partial charge in [-0.25, -0.2) is 8.42 Å². The molecule has 13 heavy (non-hydrogen) atoms. The van der Waals surface area contributed by atoms with Gasteiger partial charge in [0.25, 0.3) is 0 Å². The summed E-state index contributed by atoms with van der Waals surface area (Å²) in [4.78, 5) is 1.34. The third kappa shape index (κ3) is 3.69. The fourth-order valence-corrected chi connectivity index (χ4v) is 1.50. The van der Waals surface area contributed by atoms with E-state index in [4.69, 9.17) is 10.7 Å². The van der Waals surface area contributed by atoms with E-state index < -0.39 is 9.05 Å². The number of aryl methyl sites for hydroxylation is 1. The first kappa shape index (κ1) is 10.4. The van der Waals surface area contributed by atoms with Crippen LogP contribution in [0.15, 0.2) is 0 Å². The molecule has 8 heteroatoms. The second-order valence-electron chi connectivity index (χ2n) is 2.48. The number of rotatable bonds is 4. The van der Waals surface area contributed by atoms with E-state index in [0.717, 1.165) is 6.42 Å². The highest BCUT2D eigenvalue weighted by molar-refractivity contribution is 8.13. The summed E-state index contributed by atoms with van der Waals surface area (Å²) in [6.07, 6.45) is 0.865. The summed E-state index contributed by atoms with van der Waals surface area (Å²) in [6.45, 7) is 2.58. The van der Waals surface area contributed by atoms with Gasteiger partial charge in [-0.1, -0.05) is 6.92 Å². The van der Waals surface area contributed by atoms with Gasteiger partial charge in [-0.15, -0.1) is 10.2 Å². The SMILES string of the molecule is CCCn1nnc(CS(=O)(=O)Cl)n1. The molecule has 1 aromatic rings. The highest BCUT2D eigenvalue weighted by Crippen LogP contribution is 2.03. The Labute approximate surface area is 80.3 Å². The zero-order chi connectivity index (χ0) is 9.90. The maximum atomic E-state index is 10.6. The minimum atomic E-state index is -3.58. The van der Waals surface area contributed by atoms with Crippen molar-refractivity contribution in [3.8, 4) is 0 Å². The first-order valence-corrected chi connectivity index (χ1v) is 6.18. The Morgan fingerprint density at radius 1 is 1.54 bits per heavy atom. The lowest BCUT2D eigenvalue weighted by atomic mass is 10.5. The number of hydrogen-bond donors (Lipinski definition) is 0. The smallest absolute Gasteiger partial charge is 0.212 e. The van der Waals surface area contributed by atoms with Crippen LogP contribution in [0, 0.1) is 0 Å². The van der Waals surface area contributed by atoms with E-state index in [-0.39, 0.29) is 11.6 Å². The van der Waals surface area contributed by atoms with E-state index in [9.17, 15) is 8.42 Å². The Balaban J connectivity index is 2.69. The summed E-state index contributed by atoms with van der Waals surface area (Å²) in [5.41, 5.74) is 0. The first-order chi connectivity index (χ1) is 6.01. The van der Waals surface area contributed by atoms with Crippen LogP contribution in [0.2, 0.25) is 0 Å². The zero-order valence-electron chi connectivity index (χ0n) is 7.01. The second-order valence-corrected chi connectivity index (χ2v) is 5.26. The molecule has 0 saturated carbocycles. The van der Waals surface area contributed by atoms with Crippen molar-refractivity contribution in [1.82, 2.24) is 20.2 Å². The van der Waals surface area contributed by atoms with Crippen molar-refractivity contribution >= 4 is 19.7 Å². The molecule has 0 aliphatic rings. The molecule has 74 valence electrons. The topological polar surface area (TPSA) is 77.7 Å². The van der Waals surface area contributed by atoms with Crippen LogP contribution >= 0.6 is 10.7 Å². The molecule has 6 nitrogen and oxygen atoms in total. The van der Waals surface area contributed by atoms with E-state index in [1.54, 1.807) is 0 Å². The molecular weight excluding hydrogens is 216 g/mol. The number of nitrogens with zero attached hydrogens (tertiary/aromatic N) is 4. The van der Waals surface area contributed by atoms with Crippen LogP contribution in [-0.2, 0) is 21.3 Å². The molecular formula is C5H9ClN4O2S. The van der Waals surface area contributed by atoms with Crippen LogP contribution in [0.25, 0.3) is 0 Å². The van der Waals surface area contributed by atoms with Gasteiger partial charge >= 0.3 is 0 Å². The molecule has 0 atom stereocenters. The van der Waals surface area contributed by atoms with Gasteiger partial charge in [0.2, 0.25) is 9.05 Å². The van der Waals surface area contributed by atoms with Crippen molar-refractivity contribution in [1.29, 1.82) is 0 Å². The maximum absolute atomic E-state index is 10.6. The van der Waals surface area contributed by atoms with Gasteiger partial charge in [0.1, 0.15) is 5.75 Å². The molecule has 0 bridgehead atoms. The van der Waals surface area contributed by atoms with Crippen molar-refractivity contribution in [2.24, 2.45) is 0 Å². The Hall–Kier alpha value is -0.690. The predicted octanol–water partition coefficient (Wildman–Crippen LogP) is 0.152. The van der Waals surface area contributed by atoms with E-state index in [2.05, 4.69) is 15.4 Å². The Kier molecular flexibility index (Phi) is 3.21. The standard InChI is InChI=1S/C5H9ClN4O2S/c1-2-3-10-8-5(7-9-10)4-13(6,11)12/h2-4H2,1H3. The van der Waals surface area contributed by atoms with Gasteiger partial charge in [-0.2, -0.15) is 4.80 Å². The molecule has 1 heterocycles. The Morgan fingerprint density at radius 3 is 2.77 bits per heavy atom. The molecule has 1 aromatic heterocycles. The van der Waals surface area contributed by atoms with Crippen molar-refractivity contribution < 1.29 is 8.42 Å². The lowest BCUT2D eigenvalue weighted by Gasteiger charge is -1.90. The number of hydrogen-bond acceptors (Lipinski definition) is 5. The van der Waals surface area contributed by atoms with Crippen molar-refractivity contribution in [3.05, 3.63) is 5.82 Å². The van der Waals surface area contributed by atoms with Crippen LogP contribution in [-0.4, -0.2) is 28.6 Å². The molecule has 0 radical (unpaired) electrons. The molecule has 0 aliphatic carbocycles. The van der Waals surface area contributed by atoms with E-state index in [1.807, 2.05) is 6.92 Å². The van der Waals surface area contributed by atoms with E-state index in [1.165, 1.54) is 4.80 Å². The van der Waals surface area contributed by atoms with Gasteiger partial charge in [-0.3, -0.25) is 0 Å². The normalized spacial score (nSPS) is 11.8. The number of tetrazole rings is 1. The summed E-state index contributed by atoms with van der Waals surface area (Å²) in [5, 5.41) is 11.0. The summed E-state index contributed by atoms with van der Waals surface area (Å²) in [5.74, 6) is -0.249. The Bertz CT molecular complexity index is 374. The quantitative estimate of drug-likeness (QED) is 0.681. The van der Waals surface area contributed by atoms with Gasteiger partial charge < -0.3 is 0 Å². The second kappa shape index (κ2) is 4.01. The third-order valence-electron chi connectivity index (χ3n) is 1.22. The van der Waals surface area contributed by atoms with Crippen molar-refractivity contribution in [2.75, 3.05) is 0 Å². The molecule has 1 rings (SSSR count). The highest BCUT2D eigenvalue weighted by Gasteiger charge is 2.11. The van der Waals surface area contributed by atoms with Crippen LogP contribution in [0.1, 0.15) is 19.2 Å². The maximum Gasteiger partial charge on any atom is 0.240 e. The van der Waals surface area contributed by atoms with Gasteiger partial charge in [-0.05, 0) is 11.6 Å². The average Bonchev–Trinajstić information content (AvgIpc) is 2.33. The minimum absolute atomic E-state index is 0.128. The minimum Gasteiger partial charge on any atom is -0.212 e. The number of aromatic nitrogens is 4. The van der Waals surface area contributed by atoms with Crippen molar-refractivity contribution in [3.63, 3.8) is 0 Å². The van der Waals surface area contributed by atoms with Gasteiger partial charge in [0.05, 0.1) is 6.54 Å². The number of halogens is 1. The molecule has 0 spiro atoms.